The van der Waals surface area contributed by atoms with E-state index in [0.717, 1.165) is 43.0 Å². The second-order valence-electron chi connectivity index (χ2n) is 5.73. The van der Waals surface area contributed by atoms with Gasteiger partial charge < -0.3 is 5.32 Å². The molecule has 1 aliphatic heterocycles. The average molecular weight is 327 g/mol. The maximum Gasteiger partial charge on any atom is 0.244 e. The average Bonchev–Trinajstić information content (AvgIpc) is 3.09. The van der Waals surface area contributed by atoms with Gasteiger partial charge >= 0.3 is 0 Å². The van der Waals surface area contributed by atoms with Gasteiger partial charge in [0.15, 0.2) is 0 Å². The van der Waals surface area contributed by atoms with E-state index >= 15 is 0 Å². The number of carbonyl (C=O) groups is 1. The summed E-state index contributed by atoms with van der Waals surface area (Å²) in [6, 6.07) is 10.3. The zero-order valence-corrected chi connectivity index (χ0v) is 13.8. The number of likely N-dealkylation sites (tertiary alicyclic amines) is 1. The Labute approximate surface area is 140 Å². The molecule has 1 fully saturated rings. The smallest absolute Gasteiger partial charge is 0.244 e. The Morgan fingerprint density at radius 1 is 1.30 bits per heavy atom. The number of piperidine rings is 1. The van der Waals surface area contributed by atoms with E-state index in [1.54, 1.807) is 17.4 Å². The number of amides is 1. The SMILES string of the molecule is O=C(C=Cc1cccs1)NC1CCN(Cc2ccccn2)CC1. The molecule has 0 aromatic carbocycles. The van der Waals surface area contributed by atoms with E-state index in [1.165, 1.54) is 0 Å². The van der Waals surface area contributed by atoms with E-state index in [9.17, 15) is 4.79 Å². The van der Waals surface area contributed by atoms with Crippen molar-refractivity contribution in [3.8, 4) is 0 Å². The van der Waals surface area contributed by atoms with Crippen LogP contribution in [0.5, 0.6) is 0 Å². The molecule has 1 amide bonds. The lowest BCUT2D eigenvalue weighted by Gasteiger charge is -2.31. The van der Waals surface area contributed by atoms with Crippen molar-refractivity contribution in [3.63, 3.8) is 0 Å². The van der Waals surface area contributed by atoms with Crippen molar-refractivity contribution in [3.05, 3.63) is 58.6 Å². The Morgan fingerprint density at radius 3 is 2.87 bits per heavy atom. The molecular weight excluding hydrogens is 306 g/mol. The molecule has 0 atom stereocenters. The fraction of sp³-hybridized carbons (Fsp3) is 0.333. The van der Waals surface area contributed by atoms with Crippen LogP contribution in [0.3, 0.4) is 0 Å². The molecule has 4 nitrogen and oxygen atoms in total. The van der Waals surface area contributed by atoms with Crippen molar-refractivity contribution >= 4 is 23.3 Å². The molecule has 3 rings (SSSR count). The van der Waals surface area contributed by atoms with Crippen LogP contribution >= 0.6 is 11.3 Å². The summed E-state index contributed by atoms with van der Waals surface area (Å²) in [6.07, 6.45) is 7.32. The number of hydrogen-bond acceptors (Lipinski definition) is 4. The first-order valence-electron chi connectivity index (χ1n) is 7.94. The molecule has 1 saturated heterocycles. The van der Waals surface area contributed by atoms with Crippen molar-refractivity contribution in [1.29, 1.82) is 0 Å². The van der Waals surface area contributed by atoms with Gasteiger partial charge in [0.2, 0.25) is 5.91 Å². The van der Waals surface area contributed by atoms with Gasteiger partial charge in [-0.3, -0.25) is 14.7 Å². The molecule has 0 bridgehead atoms. The molecule has 3 heterocycles. The first kappa shape index (κ1) is 15.9. The number of carbonyl (C=O) groups excluding carboxylic acids is 1. The molecule has 2 aromatic heterocycles. The van der Waals surface area contributed by atoms with Crippen LogP contribution in [0.1, 0.15) is 23.4 Å². The highest BCUT2D eigenvalue weighted by molar-refractivity contribution is 7.10. The van der Waals surface area contributed by atoms with Gasteiger partial charge in [0, 0.05) is 42.8 Å². The molecule has 1 aliphatic rings. The minimum Gasteiger partial charge on any atom is -0.350 e. The Hall–Kier alpha value is -1.98. The zero-order valence-electron chi connectivity index (χ0n) is 13.0. The van der Waals surface area contributed by atoms with Crippen molar-refractivity contribution < 1.29 is 4.79 Å². The number of nitrogens with zero attached hydrogens (tertiary/aromatic N) is 2. The second kappa shape index (κ2) is 8.04. The molecule has 1 N–H and O–H groups in total. The van der Waals surface area contributed by atoms with Crippen LogP contribution in [0.15, 0.2) is 48.0 Å². The van der Waals surface area contributed by atoms with E-state index in [-0.39, 0.29) is 11.9 Å². The van der Waals surface area contributed by atoms with Crippen molar-refractivity contribution in [2.24, 2.45) is 0 Å². The highest BCUT2D eigenvalue weighted by Crippen LogP contribution is 2.13. The number of hydrogen-bond donors (Lipinski definition) is 1. The Morgan fingerprint density at radius 2 is 2.17 bits per heavy atom. The fourth-order valence-corrected chi connectivity index (χ4v) is 3.37. The fourth-order valence-electron chi connectivity index (χ4n) is 2.75. The Kier molecular flexibility index (Phi) is 5.56. The van der Waals surface area contributed by atoms with Crippen LogP contribution in [0.2, 0.25) is 0 Å². The van der Waals surface area contributed by atoms with Crippen LogP contribution in [-0.4, -0.2) is 34.9 Å². The summed E-state index contributed by atoms with van der Waals surface area (Å²) in [5.41, 5.74) is 1.11. The molecule has 0 radical (unpaired) electrons. The van der Waals surface area contributed by atoms with Crippen LogP contribution < -0.4 is 5.32 Å². The minimum atomic E-state index is 0.00146. The predicted molar refractivity (Wildman–Crippen MR) is 94.0 cm³/mol. The van der Waals surface area contributed by atoms with Crippen molar-refractivity contribution in [2.45, 2.75) is 25.4 Å². The van der Waals surface area contributed by atoms with Crippen molar-refractivity contribution in [1.82, 2.24) is 15.2 Å². The van der Waals surface area contributed by atoms with Crippen LogP contribution in [0.4, 0.5) is 0 Å². The molecule has 0 spiro atoms. The summed E-state index contributed by atoms with van der Waals surface area (Å²) in [4.78, 5) is 19.8. The van der Waals surface area contributed by atoms with Gasteiger partial charge in [-0.15, -0.1) is 11.3 Å². The topological polar surface area (TPSA) is 45.2 Å². The quantitative estimate of drug-likeness (QED) is 0.859. The van der Waals surface area contributed by atoms with Gasteiger partial charge in [-0.25, -0.2) is 0 Å². The predicted octanol–water partition coefficient (Wildman–Crippen LogP) is 2.94. The first-order chi connectivity index (χ1) is 11.3. The number of rotatable bonds is 5. The van der Waals surface area contributed by atoms with E-state index in [4.69, 9.17) is 0 Å². The minimum absolute atomic E-state index is 0.00146. The maximum atomic E-state index is 12.0. The Balaban J connectivity index is 1.41. The molecule has 0 unspecified atom stereocenters. The summed E-state index contributed by atoms with van der Waals surface area (Å²) >= 11 is 1.63. The number of aromatic nitrogens is 1. The molecule has 0 aliphatic carbocycles. The standard InChI is InChI=1S/C18H21N3OS/c22-18(7-6-17-5-3-13-23-17)20-15-8-11-21(12-9-15)14-16-4-1-2-10-19-16/h1-7,10,13,15H,8-9,11-12,14H2,(H,20,22). The third kappa shape index (κ3) is 5.01. The lowest BCUT2D eigenvalue weighted by atomic mass is 10.0. The highest BCUT2D eigenvalue weighted by atomic mass is 32.1. The van der Waals surface area contributed by atoms with Gasteiger partial charge in [0.25, 0.3) is 0 Å². The molecule has 5 heteroatoms. The molecule has 0 saturated carbocycles. The van der Waals surface area contributed by atoms with Crippen LogP contribution in [0, 0.1) is 0 Å². The summed E-state index contributed by atoms with van der Waals surface area (Å²) in [7, 11) is 0. The summed E-state index contributed by atoms with van der Waals surface area (Å²) in [5, 5.41) is 5.11. The van der Waals surface area contributed by atoms with E-state index in [2.05, 4.69) is 21.3 Å². The second-order valence-corrected chi connectivity index (χ2v) is 6.71. The molecule has 2 aromatic rings. The lowest BCUT2D eigenvalue weighted by Crippen LogP contribution is -2.43. The largest absolute Gasteiger partial charge is 0.350 e. The van der Waals surface area contributed by atoms with Gasteiger partial charge in [-0.1, -0.05) is 12.1 Å². The number of thiophene rings is 1. The first-order valence-corrected chi connectivity index (χ1v) is 8.82. The van der Waals surface area contributed by atoms with Crippen LogP contribution in [0.25, 0.3) is 6.08 Å². The van der Waals surface area contributed by atoms with Gasteiger partial charge in [-0.2, -0.15) is 0 Å². The molecule has 23 heavy (non-hydrogen) atoms. The summed E-state index contributed by atoms with van der Waals surface area (Å²) in [6.45, 7) is 2.88. The van der Waals surface area contributed by atoms with E-state index in [0.29, 0.717) is 0 Å². The zero-order chi connectivity index (χ0) is 15.9. The summed E-state index contributed by atoms with van der Waals surface area (Å²) < 4.78 is 0. The third-order valence-electron chi connectivity index (χ3n) is 3.99. The van der Waals surface area contributed by atoms with Crippen molar-refractivity contribution in [2.75, 3.05) is 13.1 Å². The number of pyridine rings is 1. The number of nitrogens with one attached hydrogen (secondary N) is 1. The van der Waals surface area contributed by atoms with Gasteiger partial charge in [0.1, 0.15) is 0 Å². The monoisotopic (exact) mass is 327 g/mol. The Bertz CT molecular complexity index is 632. The molecule has 120 valence electrons. The van der Waals surface area contributed by atoms with E-state index < -0.39 is 0 Å². The lowest BCUT2D eigenvalue weighted by molar-refractivity contribution is -0.117. The molecular formula is C18H21N3OS. The van der Waals surface area contributed by atoms with Gasteiger partial charge in [0.05, 0.1) is 5.69 Å². The maximum absolute atomic E-state index is 12.0. The van der Waals surface area contributed by atoms with Crippen LogP contribution in [-0.2, 0) is 11.3 Å². The van der Waals surface area contributed by atoms with E-state index in [1.807, 2.05) is 41.9 Å². The van der Waals surface area contributed by atoms with Gasteiger partial charge in [-0.05, 0) is 42.5 Å². The summed E-state index contributed by atoms with van der Waals surface area (Å²) in [5.74, 6) is 0.00146. The normalized spacial score (nSPS) is 16.7. The highest BCUT2D eigenvalue weighted by Gasteiger charge is 2.20. The third-order valence-corrected chi connectivity index (χ3v) is 4.83.